The van der Waals surface area contributed by atoms with Crippen LogP contribution < -0.4 is 67.5 Å². The number of aliphatic hydroxyl groups excluding tert-OH is 1. The van der Waals surface area contributed by atoms with Crippen LogP contribution in [-0.4, -0.2) is 165 Å². The summed E-state index contributed by atoms with van der Waals surface area (Å²) in [6.07, 6.45) is 12.5. The number of ether oxygens (including phenoxy) is 3. The number of halogens is 4. The number of aryl methyl sites for hydroxylation is 1. The van der Waals surface area contributed by atoms with Crippen molar-refractivity contribution in [2.75, 3.05) is 90.1 Å². The van der Waals surface area contributed by atoms with E-state index in [1.54, 1.807) is 68.7 Å². The number of benzene rings is 7. The van der Waals surface area contributed by atoms with Gasteiger partial charge in [-0.15, -0.1) is 31.3 Å². The molecule has 34 nitrogen and oxygen atoms in total. The highest BCUT2D eigenvalue weighted by Gasteiger charge is 2.34. The van der Waals surface area contributed by atoms with E-state index >= 15 is 0 Å². The molecule has 0 atom stereocenters. The first-order chi connectivity index (χ1) is 63.2. The molecule has 18 rings (SSSR count). The fourth-order valence-electron chi connectivity index (χ4n) is 15.1. The lowest BCUT2D eigenvalue weighted by Crippen LogP contribution is -2.34. The average Bonchev–Trinajstić information content (AvgIpc) is 1.61. The number of nitrogens with two attached hydrogens (primary N) is 2. The maximum atomic E-state index is 13.4. The molecular weight excluding hydrogens is 1800 g/mol. The summed E-state index contributed by atoms with van der Waals surface area (Å²) >= 11 is 23.0. The molecule has 38 heteroatoms. The van der Waals surface area contributed by atoms with Crippen LogP contribution >= 0.6 is 46.4 Å². The molecule has 8 aromatic heterocycles. The minimum Gasteiger partial charge on any atom is -0.475 e. The maximum Gasteiger partial charge on any atom is 0.274 e. The van der Waals surface area contributed by atoms with E-state index in [1.165, 1.54) is 45.0 Å². The molecule has 134 heavy (non-hydrogen) atoms. The van der Waals surface area contributed by atoms with Gasteiger partial charge in [-0.2, -0.15) is 0 Å². The number of hydrogen-bond acceptors (Lipinski definition) is 22. The number of rotatable bonds is 21. The molecular formula is C96H106Cl4N22O12. The summed E-state index contributed by atoms with van der Waals surface area (Å²) in [5.74, 6) is -1.04. The molecule has 4 amide bonds. The zero-order valence-electron chi connectivity index (χ0n) is 71.2. The summed E-state index contributed by atoms with van der Waals surface area (Å²) < 4.78 is 29.2. The molecule has 3 aliphatic rings. The van der Waals surface area contributed by atoms with Gasteiger partial charge in [-0.25, -0.2) is 53.9 Å². The van der Waals surface area contributed by atoms with Crippen molar-refractivity contribution < 1.29 is 38.5 Å². The van der Waals surface area contributed by atoms with E-state index in [2.05, 4.69) is 76.3 Å². The summed E-state index contributed by atoms with van der Waals surface area (Å²) in [5, 5.41) is 14.2. The van der Waals surface area contributed by atoms with Crippen molar-refractivity contribution in [3.05, 3.63) is 323 Å². The standard InChI is InChI=1S/C24H21Cl2N5O3.C24H20ClN5O3.C24H22N6O3.C17H18N6O3.C2H6.CH3Cl.4CH4/c1-2-10-30-19-9-8-17(13-18(19)23(33)31(30)14-16-6-4-3-5-7-16)29(11-12-32)24(34)20-21(25)27-15-28-22(20)26;2*1-2-10-29-19-9-8-17(13-18(19)23(31)30(29)14-16-6-4-3-5-7-16)28-11-12-33-22-20(24(28)32)21(25)26-15-27-22;1-2-5-23-12-4-3-10(8-11(12)15(24)21-23)22-6-7-26-16-13(17(22)25)14(18)19-9-20-16;2*1-2;;;;/h2-9,13,15,32H,1,10-12,14H2;2-9,13,15H,1,10-12,14H2;2-9,13,15H,1,10-12,14H2,(H2,25,26,27);3-4,8-9H,2,5-7H2,1H3,(H,21,24)(H2,18,19,20);1-2H3;1H3;4*1H4. The highest BCUT2D eigenvalue weighted by Crippen LogP contribution is 2.35. The second-order valence-electron chi connectivity index (χ2n) is 28.7. The number of hydrogen-bond donors (Lipinski definition) is 4. The van der Waals surface area contributed by atoms with Crippen LogP contribution in [0.5, 0.6) is 17.6 Å². The van der Waals surface area contributed by atoms with E-state index in [-0.39, 0.29) is 183 Å². The fourth-order valence-corrected chi connectivity index (χ4v) is 15.8. The SMILES string of the molecule is C.C.C.C.C=CCn1c2ccc(N(CCO)C(=O)c3c(Cl)ncnc3Cl)cc2c(=O)n1Cc1ccccc1.C=CCn1c2ccc(N3CCOc4ncnc(Cl)c4C3=O)cc2c(=O)n1Cc1ccccc1.C=CCn1c2ccc(N3CCOc4ncnc(N)c4C3=O)cc2c(=O)n1Cc1ccccc1.CC.CCCn1[nH]c(=O)c2cc(N3CCOc4ncnc(N)c4C3=O)ccc21.CCl. The lowest BCUT2D eigenvalue weighted by Gasteiger charge is -2.22. The molecule has 0 spiro atoms. The zero-order valence-corrected chi connectivity index (χ0v) is 74.2. The number of nitrogen functional groups attached to an aromatic ring is 2. The number of aromatic nitrogens is 16. The van der Waals surface area contributed by atoms with Crippen LogP contribution in [0.15, 0.2) is 246 Å². The third-order valence-electron chi connectivity index (χ3n) is 20.9. The van der Waals surface area contributed by atoms with Gasteiger partial charge in [-0.05, 0) is 95.9 Å². The van der Waals surface area contributed by atoms with Gasteiger partial charge in [0.15, 0.2) is 0 Å². The predicted octanol–water partition coefficient (Wildman–Crippen LogP) is 15.3. The van der Waals surface area contributed by atoms with E-state index in [9.17, 15) is 43.5 Å². The molecule has 6 N–H and O–H groups in total. The Balaban J connectivity index is 0.000000197. The molecule has 0 radical (unpaired) electrons. The minimum atomic E-state index is -0.584. The molecule has 11 heterocycles. The number of carbonyl (C=O) groups is 4. The zero-order chi connectivity index (χ0) is 92.4. The van der Waals surface area contributed by atoms with Crippen LogP contribution in [-0.2, 0) is 45.8 Å². The molecule has 3 aliphatic heterocycles. The minimum absolute atomic E-state index is 0. The number of alkyl halides is 1. The second-order valence-corrected chi connectivity index (χ2v) is 29.8. The summed E-state index contributed by atoms with van der Waals surface area (Å²) in [5.41, 5.74) is 19.6. The van der Waals surface area contributed by atoms with Crippen molar-refractivity contribution in [2.24, 2.45) is 0 Å². The van der Waals surface area contributed by atoms with Gasteiger partial charge in [-0.1, -0.05) is 195 Å². The van der Waals surface area contributed by atoms with Crippen LogP contribution in [0, 0.1) is 0 Å². The van der Waals surface area contributed by atoms with Crippen LogP contribution in [0.1, 0.15) is 115 Å². The average molecular weight is 1900 g/mol. The smallest absolute Gasteiger partial charge is 0.274 e. The molecule has 0 saturated heterocycles. The summed E-state index contributed by atoms with van der Waals surface area (Å²) in [4.78, 5) is 143. The van der Waals surface area contributed by atoms with E-state index < -0.39 is 5.91 Å². The van der Waals surface area contributed by atoms with Gasteiger partial charge in [-0.3, -0.25) is 62.2 Å². The number of nitrogens with zero attached hydrogens (tertiary/aromatic N) is 19. The van der Waals surface area contributed by atoms with Crippen molar-refractivity contribution in [3.63, 3.8) is 0 Å². The normalized spacial score (nSPS) is 12.3. The quantitative estimate of drug-likeness (QED) is 0.0295. The number of aliphatic hydroxyl groups is 1. The van der Waals surface area contributed by atoms with Gasteiger partial charge in [0.05, 0.1) is 109 Å². The Hall–Kier alpha value is -14.8. The molecule has 0 unspecified atom stereocenters. The van der Waals surface area contributed by atoms with Crippen molar-refractivity contribution in [2.45, 2.75) is 103 Å². The number of fused-ring (bicyclic) bond motifs is 7. The van der Waals surface area contributed by atoms with Crippen LogP contribution in [0.3, 0.4) is 0 Å². The van der Waals surface area contributed by atoms with Gasteiger partial charge < -0.3 is 50.4 Å². The summed E-state index contributed by atoms with van der Waals surface area (Å²) in [6, 6.07) is 50.5. The Morgan fingerprint density at radius 2 is 0.799 bits per heavy atom. The molecule has 15 aromatic rings. The molecule has 0 bridgehead atoms. The lowest BCUT2D eigenvalue weighted by molar-refractivity contribution is 0.0975. The van der Waals surface area contributed by atoms with E-state index in [0.717, 1.165) is 52.5 Å². The highest BCUT2D eigenvalue weighted by molar-refractivity contribution is 6.39. The Morgan fingerprint density at radius 3 is 1.19 bits per heavy atom. The van der Waals surface area contributed by atoms with E-state index in [1.807, 2.05) is 167 Å². The number of amides is 4. The number of aromatic amines is 1. The van der Waals surface area contributed by atoms with Gasteiger partial charge in [0.1, 0.15) is 94.5 Å². The summed E-state index contributed by atoms with van der Waals surface area (Å²) in [6.45, 7) is 22.1. The lowest BCUT2D eigenvalue weighted by atomic mass is 10.2. The van der Waals surface area contributed by atoms with Gasteiger partial charge in [0.2, 0.25) is 17.6 Å². The van der Waals surface area contributed by atoms with Crippen LogP contribution in [0.25, 0.3) is 43.6 Å². The molecule has 7 aromatic carbocycles. The van der Waals surface area contributed by atoms with Crippen molar-refractivity contribution in [1.29, 1.82) is 0 Å². The first-order valence-electron chi connectivity index (χ1n) is 41.1. The van der Waals surface area contributed by atoms with E-state index in [0.29, 0.717) is 95.6 Å². The Kier molecular flexibility index (Phi) is 36.3. The second kappa shape index (κ2) is 47.3. The van der Waals surface area contributed by atoms with Gasteiger partial charge >= 0.3 is 0 Å². The highest BCUT2D eigenvalue weighted by atomic mass is 35.5. The number of H-pyrrole nitrogens is 1. The molecule has 700 valence electrons. The van der Waals surface area contributed by atoms with Crippen molar-refractivity contribution in [3.8, 4) is 17.6 Å². The maximum absolute atomic E-state index is 13.4. The monoisotopic (exact) mass is 1900 g/mol. The molecule has 0 saturated carbocycles. The molecule has 0 aliphatic carbocycles. The third kappa shape index (κ3) is 21.7. The predicted molar refractivity (Wildman–Crippen MR) is 531 cm³/mol. The fraction of sp³-hybridized carbons (Fsp3) is 0.250. The third-order valence-corrected chi connectivity index (χ3v) is 21.8. The first kappa shape index (κ1) is 103. The Bertz CT molecular complexity index is 6740. The largest absolute Gasteiger partial charge is 0.475 e. The number of anilines is 6. The van der Waals surface area contributed by atoms with Crippen LogP contribution in [0.4, 0.5) is 34.4 Å². The van der Waals surface area contributed by atoms with Crippen molar-refractivity contribution >= 4 is 148 Å². The van der Waals surface area contributed by atoms with Gasteiger partial charge in [0.25, 0.3) is 45.9 Å². The van der Waals surface area contributed by atoms with Crippen LogP contribution in [0.2, 0.25) is 15.5 Å². The van der Waals surface area contributed by atoms with Crippen molar-refractivity contribution in [1.82, 2.24) is 77.7 Å². The Morgan fingerprint density at radius 1 is 0.455 bits per heavy atom. The number of allylic oxidation sites excluding steroid dienone is 3. The number of nitrogens with one attached hydrogen (secondary N) is 1. The topological polar surface area (TPSA) is 403 Å². The van der Waals surface area contributed by atoms with Gasteiger partial charge in [0, 0.05) is 42.2 Å². The van der Waals surface area contributed by atoms with E-state index in [4.69, 9.17) is 60.5 Å². The molecule has 0 fully saturated rings. The Labute approximate surface area is 792 Å². The summed E-state index contributed by atoms with van der Waals surface area (Å²) in [7, 11) is 0. The first-order valence-corrected chi connectivity index (χ1v) is 43.0. The number of carbonyl (C=O) groups excluding carboxylic acids is 4.